The average molecular weight is 534 g/mol. The van der Waals surface area contributed by atoms with Gasteiger partial charge in [0, 0.05) is 6.54 Å². The minimum atomic E-state index is -0.777. The maximum absolute atomic E-state index is 14.1. The molecule has 3 aromatic carbocycles. The fraction of sp³-hybridized carbons (Fsp3) is 0.267. The van der Waals surface area contributed by atoms with E-state index in [1.54, 1.807) is 43.4 Å². The molecule has 1 unspecified atom stereocenters. The van der Waals surface area contributed by atoms with Crippen LogP contribution in [0.25, 0.3) is 11.0 Å². The molecule has 202 valence electrons. The highest BCUT2D eigenvalue weighted by atomic mass is 19.1. The molecule has 1 aliphatic heterocycles. The molecule has 0 radical (unpaired) electrons. The third-order valence-electron chi connectivity index (χ3n) is 6.82. The molecular weight excluding hydrogens is 505 g/mol. The van der Waals surface area contributed by atoms with Gasteiger partial charge in [0.15, 0.2) is 28.4 Å². The average Bonchev–Trinajstić information content (AvgIpc) is 3.23. The Labute approximate surface area is 224 Å². The van der Waals surface area contributed by atoms with E-state index < -0.39 is 23.2 Å². The van der Waals surface area contributed by atoms with Gasteiger partial charge in [0.25, 0.3) is 5.91 Å². The van der Waals surface area contributed by atoms with Crippen molar-refractivity contribution in [2.45, 2.75) is 19.4 Å². The largest absolute Gasteiger partial charge is 0.493 e. The van der Waals surface area contributed by atoms with Gasteiger partial charge in [-0.25, -0.2) is 4.39 Å². The van der Waals surface area contributed by atoms with Gasteiger partial charge < -0.3 is 28.3 Å². The number of hydrogen-bond acceptors (Lipinski definition) is 7. The zero-order valence-electron chi connectivity index (χ0n) is 22.1. The van der Waals surface area contributed by atoms with Crippen LogP contribution in [0.15, 0.2) is 63.8 Å². The Kier molecular flexibility index (Phi) is 7.15. The van der Waals surface area contributed by atoms with Crippen LogP contribution in [0.2, 0.25) is 0 Å². The first kappa shape index (κ1) is 26.1. The lowest BCUT2D eigenvalue weighted by Crippen LogP contribution is -2.31. The van der Waals surface area contributed by atoms with E-state index in [-0.39, 0.29) is 28.8 Å². The van der Waals surface area contributed by atoms with E-state index in [0.29, 0.717) is 41.6 Å². The molecule has 39 heavy (non-hydrogen) atoms. The zero-order valence-corrected chi connectivity index (χ0v) is 22.1. The summed E-state index contributed by atoms with van der Waals surface area (Å²) < 4.78 is 41.9. The number of halogens is 1. The molecule has 1 aliphatic rings. The fourth-order valence-corrected chi connectivity index (χ4v) is 4.98. The van der Waals surface area contributed by atoms with Crippen LogP contribution in [-0.2, 0) is 6.42 Å². The summed E-state index contributed by atoms with van der Waals surface area (Å²) in [4.78, 5) is 29.0. The zero-order chi connectivity index (χ0) is 27.7. The third-order valence-corrected chi connectivity index (χ3v) is 6.82. The molecule has 0 spiro atoms. The Morgan fingerprint density at radius 1 is 0.872 bits per heavy atom. The Balaban J connectivity index is 1.61. The number of amides is 1. The van der Waals surface area contributed by atoms with Crippen LogP contribution in [0.1, 0.15) is 40.2 Å². The Morgan fingerprint density at radius 3 is 2.31 bits per heavy atom. The normalized spacial score (nSPS) is 14.4. The van der Waals surface area contributed by atoms with Gasteiger partial charge >= 0.3 is 0 Å². The van der Waals surface area contributed by atoms with E-state index in [9.17, 15) is 14.0 Å². The molecule has 2 heterocycles. The predicted octanol–water partition coefficient (Wildman–Crippen LogP) is 5.14. The number of ether oxygens (including phenoxy) is 4. The second-order valence-corrected chi connectivity index (χ2v) is 9.00. The summed E-state index contributed by atoms with van der Waals surface area (Å²) in [6.07, 6.45) is 0.465. The van der Waals surface area contributed by atoms with Crippen molar-refractivity contribution in [3.8, 4) is 23.0 Å². The van der Waals surface area contributed by atoms with Crippen molar-refractivity contribution in [1.82, 2.24) is 4.90 Å². The van der Waals surface area contributed by atoms with Gasteiger partial charge in [-0.15, -0.1) is 0 Å². The van der Waals surface area contributed by atoms with E-state index in [1.165, 1.54) is 19.2 Å². The monoisotopic (exact) mass is 533 g/mol. The van der Waals surface area contributed by atoms with Gasteiger partial charge in [0.2, 0.25) is 5.76 Å². The van der Waals surface area contributed by atoms with Crippen LogP contribution in [0.5, 0.6) is 23.0 Å². The molecular formula is C30H28FNO7. The van der Waals surface area contributed by atoms with Crippen molar-refractivity contribution < 1.29 is 32.5 Å². The lowest BCUT2D eigenvalue weighted by molar-refractivity contribution is 0.0730. The first-order valence-electron chi connectivity index (χ1n) is 12.5. The number of benzene rings is 3. The van der Waals surface area contributed by atoms with Gasteiger partial charge in [0.1, 0.15) is 11.4 Å². The van der Waals surface area contributed by atoms with Crippen LogP contribution in [0, 0.1) is 5.82 Å². The van der Waals surface area contributed by atoms with Crippen LogP contribution in [0.4, 0.5) is 4.39 Å². The molecule has 0 saturated carbocycles. The van der Waals surface area contributed by atoms with Crippen LogP contribution >= 0.6 is 0 Å². The van der Waals surface area contributed by atoms with Gasteiger partial charge in [-0.3, -0.25) is 9.59 Å². The maximum Gasteiger partial charge on any atom is 0.290 e. The second-order valence-electron chi connectivity index (χ2n) is 9.00. The van der Waals surface area contributed by atoms with E-state index in [1.807, 2.05) is 19.1 Å². The highest BCUT2D eigenvalue weighted by molar-refractivity contribution is 5.99. The van der Waals surface area contributed by atoms with E-state index in [2.05, 4.69) is 0 Å². The smallest absolute Gasteiger partial charge is 0.290 e. The fourth-order valence-electron chi connectivity index (χ4n) is 4.98. The number of fused-ring (bicyclic) bond motifs is 2. The summed E-state index contributed by atoms with van der Waals surface area (Å²) in [5.74, 6) is 1.13. The Morgan fingerprint density at radius 2 is 1.59 bits per heavy atom. The summed E-state index contributed by atoms with van der Waals surface area (Å²) in [6, 6.07) is 13.7. The van der Waals surface area contributed by atoms with Crippen molar-refractivity contribution in [3.63, 3.8) is 0 Å². The summed E-state index contributed by atoms with van der Waals surface area (Å²) in [6.45, 7) is 2.58. The predicted molar refractivity (Wildman–Crippen MR) is 143 cm³/mol. The van der Waals surface area contributed by atoms with Crippen LogP contribution in [0.3, 0.4) is 0 Å². The van der Waals surface area contributed by atoms with E-state index in [0.717, 1.165) is 11.6 Å². The highest BCUT2D eigenvalue weighted by Gasteiger charge is 2.42. The lowest BCUT2D eigenvalue weighted by atomic mass is 9.97. The van der Waals surface area contributed by atoms with Crippen molar-refractivity contribution in [2.75, 3.05) is 34.5 Å². The first-order chi connectivity index (χ1) is 18.9. The van der Waals surface area contributed by atoms with Gasteiger partial charge in [-0.1, -0.05) is 12.1 Å². The highest BCUT2D eigenvalue weighted by Crippen LogP contribution is 2.41. The number of rotatable bonds is 9. The molecule has 5 rings (SSSR count). The van der Waals surface area contributed by atoms with E-state index in [4.69, 9.17) is 23.4 Å². The second kappa shape index (κ2) is 10.7. The molecule has 1 amide bonds. The lowest BCUT2D eigenvalue weighted by Gasteiger charge is -2.26. The minimum Gasteiger partial charge on any atom is -0.493 e. The third kappa shape index (κ3) is 4.65. The number of nitrogens with zero attached hydrogens (tertiary/aromatic N) is 1. The topological polar surface area (TPSA) is 87.4 Å². The SMILES string of the molecule is CCOc1ccc(C2c3c(oc4ccc(F)cc4c3=O)C(=O)N2CCc2ccc(OC)c(OC)c2)cc1OC. The summed E-state index contributed by atoms with van der Waals surface area (Å²) in [7, 11) is 4.64. The summed E-state index contributed by atoms with van der Waals surface area (Å²) in [5.41, 5.74) is 1.41. The number of carbonyl (C=O) groups is 1. The van der Waals surface area contributed by atoms with Crippen molar-refractivity contribution in [2.24, 2.45) is 0 Å². The molecule has 0 saturated heterocycles. The summed E-state index contributed by atoms with van der Waals surface area (Å²) in [5, 5.41) is 0.0752. The van der Waals surface area contributed by atoms with Crippen LogP contribution in [-0.4, -0.2) is 45.3 Å². The number of hydrogen-bond donors (Lipinski definition) is 0. The summed E-state index contributed by atoms with van der Waals surface area (Å²) >= 11 is 0. The minimum absolute atomic E-state index is 0.0516. The Bertz CT molecular complexity index is 1610. The van der Waals surface area contributed by atoms with Gasteiger partial charge in [-0.2, -0.15) is 0 Å². The molecule has 9 heteroatoms. The Hall–Kier alpha value is -4.53. The van der Waals surface area contributed by atoms with Gasteiger partial charge in [-0.05, 0) is 66.9 Å². The quantitative estimate of drug-likeness (QED) is 0.294. The molecule has 1 atom stereocenters. The molecule has 0 bridgehead atoms. The van der Waals surface area contributed by atoms with Crippen molar-refractivity contribution in [3.05, 3.63) is 93.1 Å². The molecule has 0 fully saturated rings. The van der Waals surface area contributed by atoms with E-state index >= 15 is 0 Å². The molecule has 0 N–H and O–H groups in total. The van der Waals surface area contributed by atoms with Gasteiger partial charge in [0.05, 0.1) is 44.9 Å². The first-order valence-corrected chi connectivity index (χ1v) is 12.5. The number of carbonyl (C=O) groups excluding carboxylic acids is 1. The molecule has 8 nitrogen and oxygen atoms in total. The molecule has 0 aliphatic carbocycles. The standard InChI is InChI=1S/C30H28FNO7/c1-5-38-23-10-7-18(15-25(23)37-4)27-26-28(33)20-16-19(31)8-11-21(20)39-29(26)30(34)32(27)13-12-17-6-9-22(35-2)24(14-17)36-3/h6-11,14-16,27H,5,12-13H2,1-4H3. The van der Waals surface area contributed by atoms with Crippen molar-refractivity contribution in [1.29, 1.82) is 0 Å². The van der Waals surface area contributed by atoms with Crippen LogP contribution < -0.4 is 24.4 Å². The molecule has 1 aromatic heterocycles. The number of methoxy groups -OCH3 is 3. The molecule has 4 aromatic rings. The maximum atomic E-state index is 14.1. The van der Waals surface area contributed by atoms with Crippen molar-refractivity contribution >= 4 is 16.9 Å².